The quantitative estimate of drug-likeness (QED) is 0.702. The molecule has 0 aromatic heterocycles. The molecule has 0 spiro atoms. The van der Waals surface area contributed by atoms with Gasteiger partial charge in [-0.25, -0.2) is 14.0 Å². The fourth-order valence-electron chi connectivity index (χ4n) is 4.25. The molecule has 1 fully saturated rings. The molecule has 0 bridgehead atoms. The van der Waals surface area contributed by atoms with E-state index in [0.717, 1.165) is 17.1 Å². The second kappa shape index (κ2) is 9.29. The Labute approximate surface area is 194 Å². The first-order valence-electron chi connectivity index (χ1n) is 11.4. The van der Waals surface area contributed by atoms with Crippen LogP contribution in [0.4, 0.5) is 31.0 Å². The zero-order chi connectivity index (χ0) is 23.6. The van der Waals surface area contributed by atoms with Crippen molar-refractivity contribution in [1.82, 2.24) is 10.2 Å². The number of benzene rings is 2. The Morgan fingerprint density at radius 1 is 0.939 bits per heavy atom. The van der Waals surface area contributed by atoms with Gasteiger partial charge in [0.1, 0.15) is 11.4 Å². The maximum atomic E-state index is 13.4. The van der Waals surface area contributed by atoms with Gasteiger partial charge in [0.2, 0.25) is 0 Å². The van der Waals surface area contributed by atoms with Crippen LogP contribution in [0.2, 0.25) is 0 Å². The minimum Gasteiger partial charge on any atom is -0.444 e. The monoisotopic (exact) mass is 454 g/mol. The largest absolute Gasteiger partial charge is 0.444 e. The Kier molecular flexibility index (Phi) is 6.44. The van der Waals surface area contributed by atoms with Crippen LogP contribution in [0.15, 0.2) is 48.5 Å². The zero-order valence-corrected chi connectivity index (χ0v) is 19.4. The lowest BCUT2D eigenvalue weighted by Crippen LogP contribution is -2.53. The van der Waals surface area contributed by atoms with Gasteiger partial charge in [-0.05, 0) is 70.0 Å². The van der Waals surface area contributed by atoms with E-state index in [1.165, 1.54) is 12.1 Å². The normalized spacial score (nSPS) is 16.9. The van der Waals surface area contributed by atoms with Gasteiger partial charge in [0, 0.05) is 37.9 Å². The molecule has 1 saturated heterocycles. The fourth-order valence-corrected chi connectivity index (χ4v) is 4.25. The van der Waals surface area contributed by atoms with Crippen LogP contribution in [-0.2, 0) is 4.74 Å². The van der Waals surface area contributed by atoms with Gasteiger partial charge in [0.25, 0.3) is 0 Å². The first-order chi connectivity index (χ1) is 15.7. The van der Waals surface area contributed by atoms with Crippen molar-refractivity contribution < 1.29 is 18.7 Å². The van der Waals surface area contributed by atoms with Crippen molar-refractivity contribution in [3.63, 3.8) is 0 Å². The average Bonchev–Trinajstić information content (AvgIpc) is 2.78. The summed E-state index contributed by atoms with van der Waals surface area (Å²) in [4.78, 5) is 31.0. The first-order valence-corrected chi connectivity index (χ1v) is 11.4. The van der Waals surface area contributed by atoms with Gasteiger partial charge in [-0.2, -0.15) is 0 Å². The molecule has 7 nitrogen and oxygen atoms in total. The summed E-state index contributed by atoms with van der Waals surface area (Å²) in [7, 11) is 0. The van der Waals surface area contributed by atoms with Crippen molar-refractivity contribution in [1.29, 1.82) is 0 Å². The lowest BCUT2D eigenvalue weighted by atomic mass is 10.1. The third-order valence-corrected chi connectivity index (χ3v) is 5.87. The third-order valence-electron chi connectivity index (χ3n) is 5.87. The van der Waals surface area contributed by atoms with Crippen molar-refractivity contribution in [3.05, 3.63) is 54.3 Å². The molecular weight excluding hydrogens is 423 g/mol. The van der Waals surface area contributed by atoms with Crippen LogP contribution < -0.4 is 15.1 Å². The zero-order valence-electron chi connectivity index (χ0n) is 19.4. The lowest BCUT2D eigenvalue weighted by Gasteiger charge is -2.39. The number of carbonyl (C=O) groups excluding carboxylic acids is 2. The van der Waals surface area contributed by atoms with Crippen LogP contribution in [-0.4, -0.2) is 54.8 Å². The predicted molar refractivity (Wildman–Crippen MR) is 127 cm³/mol. The summed E-state index contributed by atoms with van der Waals surface area (Å²) in [6, 6.07) is 14.0. The first kappa shape index (κ1) is 22.9. The van der Waals surface area contributed by atoms with Crippen LogP contribution in [0.5, 0.6) is 0 Å². The number of nitrogens with zero attached hydrogens (tertiary/aromatic N) is 3. The minimum absolute atomic E-state index is 0.00141. The molecule has 2 aromatic rings. The summed E-state index contributed by atoms with van der Waals surface area (Å²) in [6.07, 6.45) is 1.06. The van der Waals surface area contributed by atoms with E-state index >= 15 is 0 Å². The van der Waals surface area contributed by atoms with E-state index < -0.39 is 5.60 Å². The molecule has 176 valence electrons. The van der Waals surface area contributed by atoms with E-state index in [2.05, 4.69) is 10.2 Å². The van der Waals surface area contributed by atoms with E-state index in [9.17, 15) is 14.0 Å². The van der Waals surface area contributed by atoms with Gasteiger partial charge < -0.3 is 19.9 Å². The smallest absolute Gasteiger partial charge is 0.410 e. The summed E-state index contributed by atoms with van der Waals surface area (Å²) >= 11 is 0. The average molecular weight is 455 g/mol. The third kappa shape index (κ3) is 5.38. The standard InChI is InChI=1S/C25H31FN4O3/c1-25(2,3)33-24(32)28-14-12-19(13-15-28)27-23(31)30-17-16-29(20-10-8-18(26)9-11-20)21-6-4-5-7-22(21)30/h4-11,19H,12-17H2,1-3H3,(H,27,31). The Morgan fingerprint density at radius 2 is 1.58 bits per heavy atom. The van der Waals surface area contributed by atoms with Crippen molar-refractivity contribution >= 4 is 29.2 Å². The van der Waals surface area contributed by atoms with E-state index in [-0.39, 0.29) is 24.0 Å². The van der Waals surface area contributed by atoms with Gasteiger partial charge in [0.05, 0.1) is 11.4 Å². The van der Waals surface area contributed by atoms with Gasteiger partial charge in [-0.15, -0.1) is 0 Å². The number of hydrogen-bond donors (Lipinski definition) is 1. The maximum Gasteiger partial charge on any atom is 0.410 e. The molecule has 2 aliphatic rings. The number of anilines is 3. The number of fused-ring (bicyclic) bond motifs is 1. The molecular formula is C25H31FN4O3. The summed E-state index contributed by atoms with van der Waals surface area (Å²) in [5, 5.41) is 3.14. The van der Waals surface area contributed by atoms with Crippen molar-refractivity contribution in [2.24, 2.45) is 0 Å². The second-order valence-electron chi connectivity index (χ2n) is 9.46. The maximum absolute atomic E-state index is 13.4. The molecule has 2 aromatic carbocycles. The van der Waals surface area contributed by atoms with Crippen LogP contribution in [0.25, 0.3) is 0 Å². The molecule has 4 rings (SSSR count). The summed E-state index contributed by atoms with van der Waals surface area (Å²) in [6.45, 7) is 7.77. The fraction of sp³-hybridized carbons (Fsp3) is 0.440. The number of ether oxygens (including phenoxy) is 1. The van der Waals surface area contributed by atoms with E-state index in [0.29, 0.717) is 39.0 Å². The van der Waals surface area contributed by atoms with Crippen molar-refractivity contribution in [2.45, 2.75) is 45.3 Å². The summed E-state index contributed by atoms with van der Waals surface area (Å²) < 4.78 is 18.8. The minimum atomic E-state index is -0.522. The Bertz CT molecular complexity index is 997. The van der Waals surface area contributed by atoms with E-state index in [1.807, 2.05) is 45.0 Å². The molecule has 0 radical (unpaired) electrons. The number of halogens is 1. The number of carbonyl (C=O) groups is 2. The predicted octanol–water partition coefficient (Wildman–Crippen LogP) is 4.89. The van der Waals surface area contributed by atoms with E-state index in [4.69, 9.17) is 4.74 Å². The molecule has 3 amide bonds. The number of urea groups is 1. The molecule has 1 N–H and O–H groups in total. The van der Waals surface area contributed by atoms with Crippen LogP contribution in [0.3, 0.4) is 0 Å². The topological polar surface area (TPSA) is 65.1 Å². The van der Waals surface area contributed by atoms with Crippen molar-refractivity contribution in [2.75, 3.05) is 36.0 Å². The molecule has 33 heavy (non-hydrogen) atoms. The molecule has 0 aliphatic carbocycles. The Morgan fingerprint density at radius 3 is 2.21 bits per heavy atom. The summed E-state index contributed by atoms with van der Waals surface area (Å²) in [5.41, 5.74) is 2.09. The van der Waals surface area contributed by atoms with Gasteiger partial charge in [-0.1, -0.05) is 12.1 Å². The number of likely N-dealkylation sites (tertiary alicyclic amines) is 1. The van der Waals surface area contributed by atoms with Crippen LogP contribution >= 0.6 is 0 Å². The van der Waals surface area contributed by atoms with Crippen LogP contribution in [0, 0.1) is 5.82 Å². The highest BCUT2D eigenvalue weighted by atomic mass is 19.1. The van der Waals surface area contributed by atoms with Crippen molar-refractivity contribution in [3.8, 4) is 0 Å². The molecule has 0 atom stereocenters. The second-order valence-corrected chi connectivity index (χ2v) is 9.46. The number of para-hydroxylation sites is 2. The molecule has 8 heteroatoms. The van der Waals surface area contributed by atoms with E-state index in [1.54, 1.807) is 21.9 Å². The Balaban J connectivity index is 1.39. The van der Waals surface area contributed by atoms with Gasteiger partial charge >= 0.3 is 12.1 Å². The Hall–Kier alpha value is -3.29. The highest BCUT2D eigenvalue weighted by Gasteiger charge is 2.31. The number of hydrogen-bond acceptors (Lipinski definition) is 4. The molecule has 0 saturated carbocycles. The SMILES string of the molecule is CC(C)(C)OC(=O)N1CCC(NC(=O)N2CCN(c3ccc(F)cc3)c3ccccc32)CC1. The number of rotatable bonds is 2. The summed E-state index contributed by atoms with van der Waals surface area (Å²) in [5.74, 6) is -0.275. The molecule has 2 heterocycles. The lowest BCUT2D eigenvalue weighted by molar-refractivity contribution is 0.0201. The molecule has 2 aliphatic heterocycles. The van der Waals surface area contributed by atoms with Crippen LogP contribution in [0.1, 0.15) is 33.6 Å². The highest BCUT2D eigenvalue weighted by Crippen LogP contribution is 2.37. The van der Waals surface area contributed by atoms with Gasteiger partial charge in [-0.3, -0.25) is 4.90 Å². The highest BCUT2D eigenvalue weighted by molar-refractivity contribution is 5.98. The molecule has 0 unspecified atom stereocenters. The number of amides is 3. The number of piperidine rings is 1. The number of nitrogens with one attached hydrogen (secondary N) is 1. The van der Waals surface area contributed by atoms with Gasteiger partial charge in [0.15, 0.2) is 0 Å².